The summed E-state index contributed by atoms with van der Waals surface area (Å²) < 4.78 is 0.851. The lowest BCUT2D eigenvalue weighted by Gasteiger charge is -1.99. The Morgan fingerprint density at radius 1 is 1.44 bits per heavy atom. The van der Waals surface area contributed by atoms with Crippen LogP contribution < -0.4 is 0 Å². The van der Waals surface area contributed by atoms with E-state index in [1.807, 2.05) is 0 Å². The highest BCUT2D eigenvalue weighted by molar-refractivity contribution is 9.10. The summed E-state index contributed by atoms with van der Waals surface area (Å²) in [5.41, 5.74) is 0.972. The predicted molar refractivity (Wildman–Crippen MR) is 63.4 cm³/mol. The Hall–Kier alpha value is -1.27. The van der Waals surface area contributed by atoms with Crippen molar-refractivity contribution in [1.29, 1.82) is 0 Å². The van der Waals surface area contributed by atoms with Crippen LogP contribution in [-0.2, 0) is 5.88 Å². The standard InChI is InChI=1S/C9H5BrClN3O2/c10-5-1-2-7-6(3-5)8(4-11)13-9(12-7)14(15)16/h1-3H,4H2. The molecule has 0 atom stereocenters. The van der Waals surface area contributed by atoms with E-state index in [4.69, 9.17) is 11.6 Å². The van der Waals surface area contributed by atoms with Gasteiger partial charge in [0.05, 0.1) is 11.3 Å². The molecule has 0 bridgehead atoms. The van der Waals surface area contributed by atoms with Gasteiger partial charge in [-0.15, -0.1) is 11.6 Å². The number of hydrogen-bond donors (Lipinski definition) is 0. The van der Waals surface area contributed by atoms with Crippen LogP contribution in [0.5, 0.6) is 0 Å². The van der Waals surface area contributed by atoms with E-state index in [1.165, 1.54) is 0 Å². The summed E-state index contributed by atoms with van der Waals surface area (Å²) in [4.78, 5) is 17.6. The molecule has 82 valence electrons. The van der Waals surface area contributed by atoms with Gasteiger partial charge in [-0.3, -0.25) is 0 Å². The molecular weight excluding hydrogens is 297 g/mol. The van der Waals surface area contributed by atoms with E-state index in [-0.39, 0.29) is 5.88 Å². The first-order chi connectivity index (χ1) is 7.61. The van der Waals surface area contributed by atoms with Crippen LogP contribution in [0.3, 0.4) is 0 Å². The molecule has 0 aliphatic rings. The second kappa shape index (κ2) is 4.31. The molecule has 0 aliphatic carbocycles. The SMILES string of the molecule is O=[N+]([O-])c1nc(CCl)c2cc(Br)ccc2n1. The highest BCUT2D eigenvalue weighted by Gasteiger charge is 2.17. The van der Waals surface area contributed by atoms with Crippen LogP contribution in [0.25, 0.3) is 10.9 Å². The van der Waals surface area contributed by atoms with Crippen LogP contribution in [-0.4, -0.2) is 14.9 Å². The first-order valence-corrected chi connectivity index (χ1v) is 5.61. The number of benzene rings is 1. The van der Waals surface area contributed by atoms with Gasteiger partial charge in [-0.2, -0.15) is 0 Å². The molecule has 0 saturated carbocycles. The monoisotopic (exact) mass is 301 g/mol. The number of aromatic nitrogens is 2. The Bertz CT molecular complexity index is 576. The Kier molecular flexibility index (Phi) is 3.02. The van der Waals surface area contributed by atoms with Gasteiger partial charge in [0.15, 0.2) is 5.52 Å². The summed E-state index contributed by atoms with van der Waals surface area (Å²) in [7, 11) is 0. The lowest BCUT2D eigenvalue weighted by molar-refractivity contribution is -0.394. The van der Waals surface area contributed by atoms with Gasteiger partial charge >= 0.3 is 5.95 Å². The normalized spacial score (nSPS) is 10.6. The fraction of sp³-hybridized carbons (Fsp3) is 0.111. The van der Waals surface area contributed by atoms with Crippen molar-refractivity contribution in [1.82, 2.24) is 9.97 Å². The molecule has 1 aromatic carbocycles. The largest absolute Gasteiger partial charge is 0.469 e. The maximum Gasteiger partial charge on any atom is 0.469 e. The van der Waals surface area contributed by atoms with Crippen molar-refractivity contribution in [2.45, 2.75) is 5.88 Å². The summed E-state index contributed by atoms with van der Waals surface area (Å²) in [6, 6.07) is 5.23. The highest BCUT2D eigenvalue weighted by Crippen LogP contribution is 2.23. The first-order valence-electron chi connectivity index (χ1n) is 4.28. The second-order valence-corrected chi connectivity index (χ2v) is 4.21. The fourth-order valence-electron chi connectivity index (χ4n) is 1.33. The number of hydrogen-bond acceptors (Lipinski definition) is 4. The number of fused-ring (bicyclic) bond motifs is 1. The number of nitrogens with zero attached hydrogens (tertiary/aromatic N) is 3. The molecule has 7 heteroatoms. The summed E-state index contributed by atoms with van der Waals surface area (Å²) >= 11 is 9.02. The number of alkyl halides is 1. The Labute approximate surface area is 104 Å². The summed E-state index contributed by atoms with van der Waals surface area (Å²) in [6.07, 6.45) is 0. The average molecular weight is 303 g/mol. The van der Waals surface area contributed by atoms with Crippen molar-refractivity contribution < 1.29 is 4.92 Å². The molecule has 0 saturated heterocycles. The van der Waals surface area contributed by atoms with E-state index in [0.717, 1.165) is 9.86 Å². The van der Waals surface area contributed by atoms with Gasteiger partial charge in [0, 0.05) is 4.47 Å². The third-order valence-corrected chi connectivity index (χ3v) is 2.76. The maximum atomic E-state index is 10.6. The van der Waals surface area contributed by atoms with Gasteiger partial charge in [-0.1, -0.05) is 25.9 Å². The van der Waals surface area contributed by atoms with Gasteiger partial charge in [0.1, 0.15) is 5.69 Å². The Morgan fingerprint density at radius 2 is 2.19 bits per heavy atom. The van der Waals surface area contributed by atoms with Crippen LogP contribution in [0.1, 0.15) is 5.69 Å². The van der Waals surface area contributed by atoms with Crippen LogP contribution in [0.4, 0.5) is 5.95 Å². The predicted octanol–water partition coefficient (Wildman–Crippen LogP) is 3.04. The van der Waals surface area contributed by atoms with Gasteiger partial charge in [0.2, 0.25) is 0 Å². The number of rotatable bonds is 2. The Balaban J connectivity index is 2.78. The lowest BCUT2D eigenvalue weighted by Crippen LogP contribution is -2.00. The maximum absolute atomic E-state index is 10.6. The summed E-state index contributed by atoms with van der Waals surface area (Å²) in [5, 5.41) is 11.3. The molecule has 1 aromatic heterocycles. The van der Waals surface area contributed by atoms with Crippen LogP contribution in [0.2, 0.25) is 0 Å². The smallest absolute Gasteiger partial charge is 0.390 e. The molecule has 0 unspecified atom stereocenters. The van der Waals surface area contributed by atoms with Crippen molar-refractivity contribution in [3.05, 3.63) is 38.5 Å². The van der Waals surface area contributed by atoms with Gasteiger partial charge in [-0.25, -0.2) is 0 Å². The zero-order chi connectivity index (χ0) is 11.7. The topological polar surface area (TPSA) is 68.9 Å². The van der Waals surface area contributed by atoms with Crippen LogP contribution in [0.15, 0.2) is 22.7 Å². The minimum absolute atomic E-state index is 0.107. The molecule has 1 heterocycles. The molecule has 0 spiro atoms. The molecule has 0 radical (unpaired) electrons. The van der Waals surface area contributed by atoms with E-state index in [0.29, 0.717) is 11.2 Å². The first kappa shape index (κ1) is 11.2. The van der Waals surface area contributed by atoms with E-state index in [9.17, 15) is 10.1 Å². The zero-order valence-corrected chi connectivity index (χ0v) is 10.2. The molecule has 5 nitrogen and oxygen atoms in total. The van der Waals surface area contributed by atoms with Gasteiger partial charge < -0.3 is 10.1 Å². The molecule has 16 heavy (non-hydrogen) atoms. The minimum atomic E-state index is -0.627. The molecule has 0 fully saturated rings. The molecule has 0 amide bonds. The molecular formula is C9H5BrClN3O2. The van der Waals surface area contributed by atoms with Crippen LogP contribution in [0, 0.1) is 10.1 Å². The number of nitro groups is 1. The molecule has 0 N–H and O–H groups in total. The van der Waals surface area contributed by atoms with Crippen molar-refractivity contribution in [2.24, 2.45) is 0 Å². The fourth-order valence-corrected chi connectivity index (χ4v) is 1.90. The molecule has 0 aliphatic heterocycles. The van der Waals surface area contributed by atoms with E-state index >= 15 is 0 Å². The van der Waals surface area contributed by atoms with E-state index in [1.54, 1.807) is 18.2 Å². The average Bonchev–Trinajstić information content (AvgIpc) is 2.27. The molecule has 2 aromatic rings. The summed E-state index contributed by atoms with van der Waals surface area (Å²) in [5.74, 6) is -0.318. The second-order valence-electron chi connectivity index (χ2n) is 3.02. The zero-order valence-electron chi connectivity index (χ0n) is 7.85. The molecule has 2 rings (SSSR count). The quantitative estimate of drug-likeness (QED) is 0.486. The van der Waals surface area contributed by atoms with E-state index < -0.39 is 10.9 Å². The van der Waals surface area contributed by atoms with Crippen molar-refractivity contribution in [2.75, 3.05) is 0 Å². The van der Waals surface area contributed by atoms with Crippen molar-refractivity contribution in [3.63, 3.8) is 0 Å². The Morgan fingerprint density at radius 3 is 2.81 bits per heavy atom. The van der Waals surface area contributed by atoms with Crippen molar-refractivity contribution >= 4 is 44.4 Å². The van der Waals surface area contributed by atoms with Crippen LogP contribution >= 0.6 is 27.5 Å². The third-order valence-electron chi connectivity index (χ3n) is 2.01. The number of halogens is 2. The van der Waals surface area contributed by atoms with Crippen molar-refractivity contribution in [3.8, 4) is 0 Å². The third kappa shape index (κ3) is 1.98. The van der Waals surface area contributed by atoms with Gasteiger partial charge in [-0.05, 0) is 23.1 Å². The minimum Gasteiger partial charge on any atom is -0.390 e. The lowest BCUT2D eigenvalue weighted by atomic mass is 10.2. The summed E-state index contributed by atoms with van der Waals surface area (Å²) in [6.45, 7) is 0. The van der Waals surface area contributed by atoms with E-state index in [2.05, 4.69) is 25.9 Å². The van der Waals surface area contributed by atoms with Gasteiger partial charge in [0.25, 0.3) is 0 Å². The highest BCUT2D eigenvalue weighted by atomic mass is 79.9.